The molecule has 0 amide bonds. The molecule has 1 atom stereocenters. The van der Waals surface area contributed by atoms with Gasteiger partial charge in [0.1, 0.15) is 6.07 Å². The summed E-state index contributed by atoms with van der Waals surface area (Å²) in [4.78, 5) is 0. The van der Waals surface area contributed by atoms with E-state index in [1.54, 1.807) is 0 Å². The smallest absolute Gasteiger partial charge is 0.102 e. The number of hydrogen-bond acceptors (Lipinski definition) is 2. The lowest BCUT2D eigenvalue weighted by Crippen LogP contribution is -2.08. The van der Waals surface area contributed by atoms with Crippen LogP contribution in [0.15, 0.2) is 42.5 Å². The Balaban J connectivity index is 2.27. The first-order chi connectivity index (χ1) is 9.11. The third-order valence-corrected chi connectivity index (χ3v) is 3.34. The van der Waals surface area contributed by atoms with E-state index in [0.29, 0.717) is 5.56 Å². The molecule has 0 aromatic heterocycles. The molecule has 0 radical (unpaired) electrons. The molecule has 1 N–H and O–H groups in total. The Morgan fingerprint density at radius 1 is 1.21 bits per heavy atom. The van der Waals surface area contributed by atoms with Gasteiger partial charge in [0.05, 0.1) is 11.3 Å². The molecule has 19 heavy (non-hydrogen) atoms. The Hall–Kier alpha value is -1.98. The number of hydrogen-bond donors (Lipinski definition) is 1. The molecule has 0 saturated heterocycles. The van der Waals surface area contributed by atoms with Crippen molar-refractivity contribution < 1.29 is 0 Å². The van der Waals surface area contributed by atoms with E-state index >= 15 is 0 Å². The maximum absolute atomic E-state index is 9.22. The summed E-state index contributed by atoms with van der Waals surface area (Å²) in [6.07, 6.45) is 0. The van der Waals surface area contributed by atoms with Crippen molar-refractivity contribution in [1.29, 1.82) is 5.26 Å². The fraction of sp³-hybridized carbons (Fsp3) is 0.188. The number of nitriles is 1. The summed E-state index contributed by atoms with van der Waals surface area (Å²) >= 11 is 6.00. The summed E-state index contributed by atoms with van der Waals surface area (Å²) in [5, 5.41) is 13.3. The molecule has 0 saturated carbocycles. The molecule has 0 fully saturated rings. The molecule has 2 nitrogen and oxygen atoms in total. The van der Waals surface area contributed by atoms with Gasteiger partial charge in [0.25, 0.3) is 0 Å². The minimum Gasteiger partial charge on any atom is -0.377 e. The predicted molar refractivity (Wildman–Crippen MR) is 79.4 cm³/mol. The van der Waals surface area contributed by atoms with Crippen LogP contribution in [-0.2, 0) is 0 Å². The number of nitrogens with one attached hydrogen (secondary N) is 1. The van der Waals surface area contributed by atoms with E-state index in [-0.39, 0.29) is 6.04 Å². The zero-order valence-corrected chi connectivity index (χ0v) is 11.7. The second-order valence-corrected chi connectivity index (χ2v) is 4.97. The highest BCUT2D eigenvalue weighted by Crippen LogP contribution is 2.25. The van der Waals surface area contributed by atoms with Crippen molar-refractivity contribution in [3.05, 3.63) is 64.2 Å². The summed E-state index contributed by atoms with van der Waals surface area (Å²) in [5.74, 6) is 0. The van der Waals surface area contributed by atoms with Crippen LogP contribution in [0.4, 0.5) is 5.69 Å². The predicted octanol–water partition coefficient (Wildman–Crippen LogP) is 4.69. The van der Waals surface area contributed by atoms with Gasteiger partial charge < -0.3 is 5.32 Å². The number of nitrogens with zero attached hydrogens (tertiary/aromatic N) is 1. The molecule has 96 valence electrons. The van der Waals surface area contributed by atoms with Crippen molar-refractivity contribution in [1.82, 2.24) is 0 Å². The molecular formula is C16H15ClN2. The summed E-state index contributed by atoms with van der Waals surface area (Å²) in [5.41, 5.74) is 3.62. The van der Waals surface area contributed by atoms with Gasteiger partial charge in [0.2, 0.25) is 0 Å². The highest BCUT2D eigenvalue weighted by atomic mass is 35.5. The van der Waals surface area contributed by atoms with E-state index in [1.807, 2.05) is 49.4 Å². The van der Waals surface area contributed by atoms with Gasteiger partial charge in [-0.15, -0.1) is 0 Å². The van der Waals surface area contributed by atoms with Gasteiger partial charge in [-0.25, -0.2) is 0 Å². The van der Waals surface area contributed by atoms with Crippen LogP contribution < -0.4 is 5.32 Å². The molecule has 0 aliphatic rings. The highest BCUT2D eigenvalue weighted by Gasteiger charge is 2.10. The van der Waals surface area contributed by atoms with Gasteiger partial charge in [0, 0.05) is 11.1 Å². The number of anilines is 1. The first kappa shape index (κ1) is 13.5. The number of rotatable bonds is 3. The van der Waals surface area contributed by atoms with Gasteiger partial charge in [-0.05, 0) is 43.2 Å². The lowest BCUT2D eigenvalue weighted by Gasteiger charge is -2.17. The molecule has 0 spiro atoms. The van der Waals surface area contributed by atoms with E-state index in [9.17, 15) is 5.26 Å². The van der Waals surface area contributed by atoms with Gasteiger partial charge in [-0.2, -0.15) is 5.26 Å². The van der Waals surface area contributed by atoms with Crippen LogP contribution in [0.25, 0.3) is 0 Å². The largest absolute Gasteiger partial charge is 0.377 e. The van der Waals surface area contributed by atoms with E-state index < -0.39 is 0 Å². The molecule has 0 heterocycles. The summed E-state index contributed by atoms with van der Waals surface area (Å²) in [7, 11) is 0. The van der Waals surface area contributed by atoms with Crippen LogP contribution in [0.3, 0.4) is 0 Å². The molecule has 1 unspecified atom stereocenters. The first-order valence-corrected chi connectivity index (χ1v) is 6.51. The Morgan fingerprint density at radius 2 is 1.95 bits per heavy atom. The topological polar surface area (TPSA) is 35.8 Å². The van der Waals surface area contributed by atoms with Crippen LogP contribution in [0.5, 0.6) is 0 Å². The van der Waals surface area contributed by atoms with Crippen LogP contribution in [0.1, 0.15) is 29.7 Å². The van der Waals surface area contributed by atoms with Crippen molar-refractivity contribution in [2.75, 3.05) is 5.32 Å². The zero-order valence-electron chi connectivity index (χ0n) is 10.9. The number of aryl methyl sites for hydroxylation is 1. The van der Waals surface area contributed by atoms with Crippen LogP contribution in [0.2, 0.25) is 5.02 Å². The monoisotopic (exact) mass is 270 g/mol. The Labute approximate surface area is 118 Å². The average molecular weight is 271 g/mol. The van der Waals surface area contributed by atoms with E-state index in [2.05, 4.69) is 18.3 Å². The van der Waals surface area contributed by atoms with Gasteiger partial charge in [-0.3, -0.25) is 0 Å². The SMILES string of the molecule is Cc1cccc(NC(C)c2cccc(Cl)c2)c1C#N. The maximum atomic E-state index is 9.22. The summed E-state index contributed by atoms with van der Waals surface area (Å²) in [6, 6.07) is 15.9. The lowest BCUT2D eigenvalue weighted by atomic mass is 10.0. The van der Waals surface area contributed by atoms with Crippen LogP contribution >= 0.6 is 11.6 Å². The number of benzene rings is 2. The number of halogens is 1. The molecule has 2 rings (SSSR count). The maximum Gasteiger partial charge on any atom is 0.102 e. The molecular weight excluding hydrogens is 256 g/mol. The van der Waals surface area contributed by atoms with E-state index in [4.69, 9.17) is 11.6 Å². The van der Waals surface area contributed by atoms with Crippen LogP contribution in [0, 0.1) is 18.3 Å². The molecule has 2 aromatic carbocycles. The van der Waals surface area contributed by atoms with Gasteiger partial charge in [-0.1, -0.05) is 35.9 Å². The minimum atomic E-state index is 0.0904. The molecule has 0 aliphatic heterocycles. The second-order valence-electron chi connectivity index (χ2n) is 4.53. The molecule has 0 aliphatic carbocycles. The molecule has 0 bridgehead atoms. The third-order valence-electron chi connectivity index (χ3n) is 3.11. The molecule has 2 aromatic rings. The Kier molecular flexibility index (Phi) is 4.09. The third kappa shape index (κ3) is 3.07. The van der Waals surface area contributed by atoms with Crippen molar-refractivity contribution >= 4 is 17.3 Å². The first-order valence-electron chi connectivity index (χ1n) is 6.13. The van der Waals surface area contributed by atoms with Crippen molar-refractivity contribution in [2.45, 2.75) is 19.9 Å². The zero-order chi connectivity index (χ0) is 13.8. The Bertz CT molecular complexity index is 629. The van der Waals surface area contributed by atoms with E-state index in [1.165, 1.54) is 0 Å². The lowest BCUT2D eigenvalue weighted by molar-refractivity contribution is 0.883. The van der Waals surface area contributed by atoms with E-state index in [0.717, 1.165) is 21.8 Å². The minimum absolute atomic E-state index is 0.0904. The normalized spacial score (nSPS) is 11.7. The summed E-state index contributed by atoms with van der Waals surface area (Å²) in [6.45, 7) is 3.99. The highest BCUT2D eigenvalue weighted by molar-refractivity contribution is 6.30. The fourth-order valence-corrected chi connectivity index (χ4v) is 2.23. The van der Waals surface area contributed by atoms with Gasteiger partial charge >= 0.3 is 0 Å². The van der Waals surface area contributed by atoms with Crippen molar-refractivity contribution in [3.63, 3.8) is 0 Å². The van der Waals surface area contributed by atoms with Crippen LogP contribution in [-0.4, -0.2) is 0 Å². The average Bonchev–Trinajstić information content (AvgIpc) is 2.39. The fourth-order valence-electron chi connectivity index (χ4n) is 2.03. The van der Waals surface area contributed by atoms with Crippen molar-refractivity contribution in [2.24, 2.45) is 0 Å². The Morgan fingerprint density at radius 3 is 2.63 bits per heavy atom. The molecule has 3 heteroatoms. The standard InChI is InChI=1S/C16H15ClN2/c1-11-5-3-8-16(15(11)10-18)19-12(2)13-6-4-7-14(17)9-13/h3-9,12,19H,1-2H3. The quantitative estimate of drug-likeness (QED) is 0.878. The summed E-state index contributed by atoms with van der Waals surface area (Å²) < 4.78 is 0. The van der Waals surface area contributed by atoms with Crippen molar-refractivity contribution in [3.8, 4) is 6.07 Å². The second kappa shape index (κ2) is 5.77. The van der Waals surface area contributed by atoms with Gasteiger partial charge in [0.15, 0.2) is 0 Å².